The minimum absolute atomic E-state index is 0.581. The Labute approximate surface area is 171 Å². The van der Waals surface area contributed by atoms with Crippen molar-refractivity contribution < 1.29 is 48.7 Å². The zero-order chi connectivity index (χ0) is 21.8. The van der Waals surface area contributed by atoms with Gasteiger partial charge in [0.1, 0.15) is 18.3 Å². The minimum atomic E-state index is -1.89. The van der Waals surface area contributed by atoms with Gasteiger partial charge in [-0.2, -0.15) is 0 Å². The predicted molar refractivity (Wildman–Crippen MR) is 91.9 cm³/mol. The Morgan fingerprint density at radius 2 is 1.63 bits per heavy atom. The molecule has 0 aromatic rings. The molecule has 4 heterocycles. The van der Waals surface area contributed by atoms with E-state index in [4.69, 9.17) is 18.9 Å². The van der Waals surface area contributed by atoms with Gasteiger partial charge in [-0.05, 0) is 5.41 Å². The van der Waals surface area contributed by atoms with E-state index in [2.05, 4.69) is 0 Å². The number of rotatable bonds is 0. The topological polar surface area (TPSA) is 149 Å². The van der Waals surface area contributed by atoms with E-state index in [0.29, 0.717) is 0 Å². The van der Waals surface area contributed by atoms with E-state index in [9.17, 15) is 29.7 Å². The van der Waals surface area contributed by atoms with E-state index in [1.54, 1.807) is 6.92 Å². The highest BCUT2D eigenvalue weighted by Gasteiger charge is 3.01. The standard InChI is InChI=1S/C20H24O10/c1-5-6-8(27-13(5)24)10(22)19-12-7(21)9(17(2,3)4)18(19)11(23)14(25)29-16(18)30-20(6,19)15(26)28-12/h5-12,16,21-23H,1-4H3/t5-,6-,7+,8+,9-,10+,11-,12+,16-,18-,19+,20-/m0/s1. The van der Waals surface area contributed by atoms with Crippen LogP contribution in [0.5, 0.6) is 0 Å². The van der Waals surface area contributed by atoms with Gasteiger partial charge < -0.3 is 34.3 Å². The van der Waals surface area contributed by atoms with Gasteiger partial charge in [-0.15, -0.1) is 0 Å². The van der Waals surface area contributed by atoms with Crippen molar-refractivity contribution in [3.63, 3.8) is 0 Å². The molecule has 0 aromatic heterocycles. The van der Waals surface area contributed by atoms with Gasteiger partial charge in [0.2, 0.25) is 6.29 Å². The molecule has 6 fully saturated rings. The Balaban J connectivity index is 1.71. The molecule has 0 aromatic carbocycles. The molecule has 164 valence electrons. The summed E-state index contributed by atoms with van der Waals surface area (Å²) in [6.45, 7) is 7.05. The third-order valence-electron chi connectivity index (χ3n) is 8.76. The second-order valence-corrected chi connectivity index (χ2v) is 10.6. The van der Waals surface area contributed by atoms with Crippen LogP contribution in [0.3, 0.4) is 0 Å². The van der Waals surface area contributed by atoms with Crippen molar-refractivity contribution in [3.8, 4) is 0 Å². The maximum absolute atomic E-state index is 13.3. The second kappa shape index (κ2) is 4.85. The van der Waals surface area contributed by atoms with E-state index in [-0.39, 0.29) is 0 Å². The Bertz CT molecular complexity index is 910. The lowest BCUT2D eigenvalue weighted by molar-refractivity contribution is -0.208. The zero-order valence-corrected chi connectivity index (χ0v) is 16.9. The molecule has 2 aliphatic carbocycles. The molecule has 0 unspecified atom stereocenters. The van der Waals surface area contributed by atoms with Crippen LogP contribution in [0.4, 0.5) is 0 Å². The smallest absolute Gasteiger partial charge is 0.340 e. The monoisotopic (exact) mass is 424 g/mol. The van der Waals surface area contributed by atoms with Gasteiger partial charge in [0.05, 0.1) is 28.8 Å². The van der Waals surface area contributed by atoms with Crippen LogP contribution in [0.25, 0.3) is 0 Å². The van der Waals surface area contributed by atoms with E-state index in [1.165, 1.54) is 0 Å². The Morgan fingerprint density at radius 3 is 2.27 bits per heavy atom. The number of fused-ring (bicyclic) bond motifs is 1. The average Bonchev–Trinajstić information content (AvgIpc) is 3.34. The molecule has 0 radical (unpaired) electrons. The predicted octanol–water partition coefficient (Wildman–Crippen LogP) is -1.51. The van der Waals surface area contributed by atoms with Crippen LogP contribution in [0.15, 0.2) is 0 Å². The van der Waals surface area contributed by atoms with E-state index < -0.39 is 94.3 Å². The van der Waals surface area contributed by atoms with Gasteiger partial charge in [-0.1, -0.05) is 27.7 Å². The van der Waals surface area contributed by atoms with Crippen molar-refractivity contribution >= 4 is 17.9 Å². The SMILES string of the molecule is C[C@@H]1C(=O)O[C@@H]2[C@H]1[C@]13O[C@@H]4OC(=O)[C@H](O)[C@@]45[C@H](C(C)(C)C)[C@@H](O)[C@@H](OC1=O)[C@]53[C@@H]2O. The molecule has 12 atom stereocenters. The number of aliphatic hydroxyl groups is 3. The molecule has 4 aliphatic heterocycles. The normalized spacial score (nSPS) is 60.1. The number of aliphatic hydroxyl groups excluding tert-OH is 3. The number of ether oxygens (including phenoxy) is 4. The first kappa shape index (κ1) is 19.0. The quantitative estimate of drug-likeness (QED) is 0.309. The molecular formula is C20H24O10. The van der Waals surface area contributed by atoms with Crippen LogP contribution < -0.4 is 0 Å². The summed E-state index contributed by atoms with van der Waals surface area (Å²) in [5, 5.41) is 34.2. The zero-order valence-electron chi connectivity index (χ0n) is 16.9. The molecule has 6 aliphatic rings. The van der Waals surface area contributed by atoms with Crippen LogP contribution in [0.2, 0.25) is 0 Å². The van der Waals surface area contributed by atoms with Crippen LogP contribution in [-0.4, -0.2) is 75.6 Å². The highest BCUT2D eigenvalue weighted by Crippen LogP contribution is 2.83. The van der Waals surface area contributed by atoms with E-state index in [1.807, 2.05) is 20.8 Å². The fraction of sp³-hybridized carbons (Fsp3) is 0.850. The van der Waals surface area contributed by atoms with Gasteiger partial charge in [0.25, 0.3) is 0 Å². The van der Waals surface area contributed by atoms with Crippen LogP contribution in [-0.2, 0) is 33.3 Å². The number of carbonyl (C=O) groups is 3. The minimum Gasteiger partial charge on any atom is -0.459 e. The van der Waals surface area contributed by atoms with Gasteiger partial charge >= 0.3 is 17.9 Å². The lowest BCUT2D eigenvalue weighted by Gasteiger charge is -2.47. The lowest BCUT2D eigenvalue weighted by atomic mass is 9.51. The highest BCUT2D eigenvalue weighted by molar-refractivity contribution is 5.92. The van der Waals surface area contributed by atoms with Crippen LogP contribution >= 0.6 is 0 Å². The molecule has 4 saturated heterocycles. The van der Waals surface area contributed by atoms with Crippen molar-refractivity contribution in [1.82, 2.24) is 0 Å². The molecular weight excluding hydrogens is 400 g/mol. The molecule has 6 rings (SSSR count). The first-order valence-corrected chi connectivity index (χ1v) is 10.2. The van der Waals surface area contributed by atoms with Crippen LogP contribution in [0.1, 0.15) is 27.7 Å². The van der Waals surface area contributed by atoms with Crippen molar-refractivity contribution in [2.75, 3.05) is 0 Å². The summed E-state index contributed by atoms with van der Waals surface area (Å²) in [6, 6.07) is 0. The third kappa shape index (κ3) is 1.40. The van der Waals surface area contributed by atoms with Crippen LogP contribution in [0, 0.1) is 34.0 Å². The molecule has 2 saturated carbocycles. The fourth-order valence-corrected chi connectivity index (χ4v) is 8.28. The summed E-state index contributed by atoms with van der Waals surface area (Å²) in [5.41, 5.74) is -5.96. The average molecular weight is 424 g/mol. The van der Waals surface area contributed by atoms with E-state index >= 15 is 0 Å². The summed E-state index contributed by atoms with van der Waals surface area (Å²) in [4.78, 5) is 38.2. The number of hydrogen-bond acceptors (Lipinski definition) is 10. The number of esters is 3. The summed E-state index contributed by atoms with van der Waals surface area (Å²) < 4.78 is 22.7. The molecule has 0 amide bonds. The first-order valence-electron chi connectivity index (χ1n) is 10.2. The lowest BCUT2D eigenvalue weighted by Crippen LogP contribution is -2.63. The molecule has 10 heteroatoms. The summed E-state index contributed by atoms with van der Waals surface area (Å²) in [5.74, 6) is -4.90. The molecule has 10 nitrogen and oxygen atoms in total. The largest absolute Gasteiger partial charge is 0.459 e. The Hall–Kier alpha value is -1.75. The third-order valence-corrected chi connectivity index (χ3v) is 8.76. The maximum atomic E-state index is 13.3. The maximum Gasteiger partial charge on any atom is 0.340 e. The van der Waals surface area contributed by atoms with E-state index in [0.717, 1.165) is 0 Å². The highest BCUT2D eigenvalue weighted by atomic mass is 16.7. The second-order valence-electron chi connectivity index (χ2n) is 10.6. The van der Waals surface area contributed by atoms with Crippen molar-refractivity contribution in [2.45, 2.75) is 70.1 Å². The van der Waals surface area contributed by atoms with Gasteiger partial charge in [0.15, 0.2) is 11.7 Å². The van der Waals surface area contributed by atoms with Gasteiger partial charge in [0, 0.05) is 5.92 Å². The van der Waals surface area contributed by atoms with Gasteiger partial charge in [-0.25, -0.2) is 9.59 Å². The van der Waals surface area contributed by atoms with Crippen molar-refractivity contribution in [1.29, 1.82) is 0 Å². The van der Waals surface area contributed by atoms with Gasteiger partial charge in [-0.3, -0.25) is 4.79 Å². The molecule has 30 heavy (non-hydrogen) atoms. The number of hydrogen-bond donors (Lipinski definition) is 3. The fourth-order valence-electron chi connectivity index (χ4n) is 8.28. The van der Waals surface area contributed by atoms with Crippen molar-refractivity contribution in [3.05, 3.63) is 0 Å². The first-order chi connectivity index (χ1) is 13.9. The summed E-state index contributed by atoms with van der Waals surface area (Å²) in [7, 11) is 0. The Morgan fingerprint density at radius 1 is 0.967 bits per heavy atom. The molecule has 3 N–H and O–H groups in total. The summed E-state index contributed by atoms with van der Waals surface area (Å²) >= 11 is 0. The molecule has 2 spiro atoms. The number of carbonyl (C=O) groups excluding carboxylic acids is 3. The summed E-state index contributed by atoms with van der Waals surface area (Å²) in [6.07, 6.45) is -8.29. The van der Waals surface area contributed by atoms with Crippen molar-refractivity contribution in [2.24, 2.45) is 34.0 Å². The Kier molecular flexibility index (Phi) is 3.06. The molecule has 0 bridgehead atoms.